The molecular formula is C17H26N2O5S. The van der Waals surface area contributed by atoms with E-state index in [1.165, 1.54) is 7.11 Å². The topological polar surface area (TPSA) is 84.9 Å². The lowest BCUT2D eigenvalue weighted by atomic mass is 10.1. The third-order valence-electron chi connectivity index (χ3n) is 4.33. The van der Waals surface area contributed by atoms with Gasteiger partial charge in [0.05, 0.1) is 18.9 Å². The van der Waals surface area contributed by atoms with Crippen LogP contribution in [0.4, 0.5) is 0 Å². The molecule has 8 heteroatoms. The number of nitrogens with one attached hydrogen (secondary N) is 1. The summed E-state index contributed by atoms with van der Waals surface area (Å²) >= 11 is 0. The molecule has 1 saturated heterocycles. The van der Waals surface area contributed by atoms with E-state index in [2.05, 4.69) is 4.72 Å². The van der Waals surface area contributed by atoms with Crippen LogP contribution in [0.3, 0.4) is 0 Å². The molecule has 1 aromatic carbocycles. The molecule has 0 radical (unpaired) electrons. The smallest absolute Gasteiger partial charge is 0.261 e. The Bertz CT molecular complexity index is 707. The maximum absolute atomic E-state index is 12.7. The molecule has 0 aromatic heterocycles. The molecule has 1 amide bonds. The number of para-hydroxylation sites is 1. The van der Waals surface area contributed by atoms with Crippen LogP contribution in [-0.4, -0.2) is 63.9 Å². The van der Waals surface area contributed by atoms with Gasteiger partial charge in [0.25, 0.3) is 5.91 Å². The predicted octanol–water partition coefficient (Wildman–Crippen LogP) is 0.927. The molecule has 1 fully saturated rings. The maximum Gasteiger partial charge on any atom is 0.261 e. The second-order valence-corrected chi connectivity index (χ2v) is 8.24. The zero-order valence-electron chi connectivity index (χ0n) is 15.1. The number of nitrogens with zero attached hydrogens (tertiary/aromatic N) is 1. The molecule has 0 spiro atoms. The van der Waals surface area contributed by atoms with Gasteiger partial charge in [-0.2, -0.15) is 0 Å². The number of methoxy groups -OCH3 is 1. The summed E-state index contributed by atoms with van der Waals surface area (Å²) in [7, 11) is -1.83. The van der Waals surface area contributed by atoms with Crippen molar-refractivity contribution in [2.45, 2.75) is 38.4 Å². The van der Waals surface area contributed by atoms with E-state index in [4.69, 9.17) is 9.47 Å². The SMILES string of the molecule is COC[C@H]1[C@@H](NS(C)(=O)=O)C[C@H](C)N1C(=O)COc1ccccc1C. The summed E-state index contributed by atoms with van der Waals surface area (Å²) in [6.07, 6.45) is 1.66. The summed E-state index contributed by atoms with van der Waals surface area (Å²) in [6, 6.07) is 6.66. The number of hydrogen-bond acceptors (Lipinski definition) is 5. The first-order valence-electron chi connectivity index (χ1n) is 8.18. The average Bonchev–Trinajstić information content (AvgIpc) is 2.80. The molecule has 140 valence electrons. The molecule has 3 atom stereocenters. The Labute approximate surface area is 149 Å². The van der Waals surface area contributed by atoms with Gasteiger partial charge in [-0.15, -0.1) is 0 Å². The molecule has 1 aromatic rings. The van der Waals surface area contributed by atoms with Crippen LogP contribution in [0.1, 0.15) is 18.9 Å². The third kappa shape index (κ3) is 5.17. The van der Waals surface area contributed by atoms with Gasteiger partial charge in [0.1, 0.15) is 5.75 Å². The first kappa shape index (κ1) is 19.7. The van der Waals surface area contributed by atoms with Crippen molar-refractivity contribution in [1.82, 2.24) is 9.62 Å². The molecule has 1 aliphatic heterocycles. The number of rotatable bonds is 7. The highest BCUT2D eigenvalue weighted by Crippen LogP contribution is 2.26. The minimum atomic E-state index is -3.37. The van der Waals surface area contributed by atoms with Gasteiger partial charge in [-0.05, 0) is 31.9 Å². The molecule has 2 rings (SSSR count). The lowest BCUT2D eigenvalue weighted by Gasteiger charge is -2.30. The highest BCUT2D eigenvalue weighted by atomic mass is 32.2. The summed E-state index contributed by atoms with van der Waals surface area (Å²) in [5, 5.41) is 0. The third-order valence-corrected chi connectivity index (χ3v) is 5.06. The zero-order valence-corrected chi connectivity index (χ0v) is 15.9. The lowest BCUT2D eigenvalue weighted by molar-refractivity contribution is -0.137. The molecule has 0 saturated carbocycles. The molecule has 0 bridgehead atoms. The Balaban J connectivity index is 2.09. The minimum absolute atomic E-state index is 0.0962. The average molecular weight is 370 g/mol. The van der Waals surface area contributed by atoms with Crippen LogP contribution in [0, 0.1) is 6.92 Å². The number of sulfonamides is 1. The van der Waals surface area contributed by atoms with Gasteiger partial charge in [-0.1, -0.05) is 18.2 Å². The molecular weight excluding hydrogens is 344 g/mol. The predicted molar refractivity (Wildman–Crippen MR) is 95.0 cm³/mol. The fraction of sp³-hybridized carbons (Fsp3) is 0.588. The zero-order chi connectivity index (χ0) is 18.6. The summed E-state index contributed by atoms with van der Waals surface area (Å²) in [4.78, 5) is 14.4. The quantitative estimate of drug-likeness (QED) is 0.772. The summed E-state index contributed by atoms with van der Waals surface area (Å²) in [5.41, 5.74) is 0.954. The van der Waals surface area contributed by atoms with Crippen molar-refractivity contribution in [3.05, 3.63) is 29.8 Å². The Hall–Kier alpha value is -1.64. The van der Waals surface area contributed by atoms with Crippen LogP contribution in [0.5, 0.6) is 5.75 Å². The van der Waals surface area contributed by atoms with Gasteiger partial charge in [-0.25, -0.2) is 13.1 Å². The van der Waals surface area contributed by atoms with E-state index in [9.17, 15) is 13.2 Å². The number of carbonyl (C=O) groups excluding carboxylic acids is 1. The van der Waals surface area contributed by atoms with E-state index in [1.54, 1.807) is 4.90 Å². The molecule has 0 unspecified atom stereocenters. The van der Waals surface area contributed by atoms with Gasteiger partial charge in [0.2, 0.25) is 10.0 Å². The molecule has 7 nitrogen and oxygen atoms in total. The number of hydrogen-bond donors (Lipinski definition) is 1. The van der Waals surface area contributed by atoms with Gasteiger partial charge < -0.3 is 14.4 Å². The largest absolute Gasteiger partial charge is 0.484 e. The van der Waals surface area contributed by atoms with Crippen molar-refractivity contribution >= 4 is 15.9 Å². The fourth-order valence-corrected chi connectivity index (χ4v) is 4.09. The first-order valence-corrected chi connectivity index (χ1v) is 10.1. The minimum Gasteiger partial charge on any atom is -0.484 e. The van der Waals surface area contributed by atoms with Crippen molar-refractivity contribution in [2.75, 3.05) is 26.6 Å². The number of amides is 1. The summed E-state index contributed by atoms with van der Waals surface area (Å²) < 4.78 is 36.6. The van der Waals surface area contributed by atoms with E-state index >= 15 is 0 Å². The van der Waals surface area contributed by atoms with E-state index in [0.29, 0.717) is 12.2 Å². The maximum atomic E-state index is 12.7. The number of benzene rings is 1. The molecule has 1 heterocycles. The monoisotopic (exact) mass is 370 g/mol. The van der Waals surface area contributed by atoms with Crippen LogP contribution >= 0.6 is 0 Å². The normalized spacial score (nSPS) is 23.7. The van der Waals surface area contributed by atoms with Crippen LogP contribution in [0.25, 0.3) is 0 Å². The number of aryl methyl sites for hydroxylation is 1. The number of likely N-dealkylation sites (tertiary alicyclic amines) is 1. The number of ether oxygens (including phenoxy) is 2. The Morgan fingerprint density at radius 1 is 1.36 bits per heavy atom. The van der Waals surface area contributed by atoms with Crippen molar-refractivity contribution in [2.24, 2.45) is 0 Å². The molecule has 1 N–H and O–H groups in total. The van der Waals surface area contributed by atoms with Crippen LogP contribution in [0.15, 0.2) is 24.3 Å². The highest BCUT2D eigenvalue weighted by Gasteiger charge is 2.42. The van der Waals surface area contributed by atoms with Crippen molar-refractivity contribution in [3.63, 3.8) is 0 Å². The van der Waals surface area contributed by atoms with Crippen LogP contribution in [0.2, 0.25) is 0 Å². The van der Waals surface area contributed by atoms with Gasteiger partial charge in [0.15, 0.2) is 6.61 Å². The van der Waals surface area contributed by atoms with Crippen molar-refractivity contribution < 1.29 is 22.7 Å². The van der Waals surface area contributed by atoms with Crippen LogP contribution in [-0.2, 0) is 19.6 Å². The summed E-state index contributed by atoms with van der Waals surface area (Å²) in [6.45, 7) is 3.98. The Morgan fingerprint density at radius 2 is 2.04 bits per heavy atom. The highest BCUT2D eigenvalue weighted by molar-refractivity contribution is 7.88. The molecule has 0 aliphatic carbocycles. The molecule has 1 aliphatic rings. The van der Waals surface area contributed by atoms with Gasteiger partial charge in [0, 0.05) is 19.2 Å². The van der Waals surface area contributed by atoms with Crippen molar-refractivity contribution in [1.29, 1.82) is 0 Å². The van der Waals surface area contributed by atoms with Gasteiger partial charge >= 0.3 is 0 Å². The van der Waals surface area contributed by atoms with E-state index in [0.717, 1.165) is 11.8 Å². The Morgan fingerprint density at radius 3 is 2.64 bits per heavy atom. The number of carbonyl (C=O) groups is 1. The first-order chi connectivity index (χ1) is 11.7. The van der Waals surface area contributed by atoms with E-state index < -0.39 is 10.0 Å². The van der Waals surface area contributed by atoms with E-state index in [1.807, 2.05) is 38.1 Å². The molecule has 25 heavy (non-hydrogen) atoms. The summed E-state index contributed by atoms with van der Waals surface area (Å²) in [5.74, 6) is 0.479. The van der Waals surface area contributed by atoms with E-state index in [-0.39, 0.29) is 37.2 Å². The second kappa shape index (κ2) is 8.16. The Kier molecular flexibility index (Phi) is 6.42. The van der Waals surface area contributed by atoms with Gasteiger partial charge in [-0.3, -0.25) is 4.79 Å². The fourth-order valence-electron chi connectivity index (χ4n) is 3.29. The van der Waals surface area contributed by atoms with Crippen LogP contribution < -0.4 is 9.46 Å². The lowest BCUT2D eigenvalue weighted by Crippen LogP contribution is -2.50. The standard InChI is InChI=1S/C17H26N2O5S/c1-12-7-5-6-8-16(12)24-11-17(20)19-13(2)9-14(15(19)10-23-3)18-25(4,21)22/h5-8,13-15,18H,9-11H2,1-4H3/t13-,14-,15-/m0/s1. The van der Waals surface area contributed by atoms with Crippen molar-refractivity contribution in [3.8, 4) is 5.75 Å². The second-order valence-electron chi connectivity index (χ2n) is 6.46.